The molecule has 54 heavy (non-hydrogen) atoms. The van der Waals surface area contributed by atoms with E-state index in [1.54, 1.807) is 0 Å². The van der Waals surface area contributed by atoms with E-state index in [1.165, 1.54) is 54.5 Å². The summed E-state index contributed by atoms with van der Waals surface area (Å²) >= 11 is 0. The van der Waals surface area contributed by atoms with Gasteiger partial charge in [0, 0.05) is 43.9 Å². The minimum absolute atomic E-state index is 0.630. The van der Waals surface area contributed by atoms with Crippen LogP contribution in [0.5, 0.6) is 0 Å². The molecule has 0 atom stereocenters. The van der Waals surface area contributed by atoms with Crippen LogP contribution in [0.25, 0.3) is 99.0 Å². The molecule has 0 unspecified atom stereocenters. The predicted molar refractivity (Wildman–Crippen MR) is 224 cm³/mol. The molecule has 0 amide bonds. The Balaban J connectivity index is 1.09. The van der Waals surface area contributed by atoms with Crippen molar-refractivity contribution in [3.63, 3.8) is 0 Å². The number of para-hydroxylation sites is 3. The normalized spacial score (nSPS) is 11.7. The summed E-state index contributed by atoms with van der Waals surface area (Å²) in [5.74, 6) is 0. The third-order valence-corrected chi connectivity index (χ3v) is 10.9. The van der Waals surface area contributed by atoms with Crippen molar-refractivity contribution >= 4 is 65.3 Å². The fourth-order valence-corrected chi connectivity index (χ4v) is 8.45. The lowest BCUT2D eigenvalue weighted by Crippen LogP contribution is -1.95. The molecular weight excluding hydrogens is 657 g/mol. The van der Waals surface area contributed by atoms with Gasteiger partial charge in [-0.25, -0.2) is 4.98 Å². The van der Waals surface area contributed by atoms with E-state index >= 15 is 0 Å². The lowest BCUT2D eigenvalue weighted by molar-refractivity contribution is 1.18. The van der Waals surface area contributed by atoms with E-state index in [-0.39, 0.29) is 0 Å². The molecule has 0 bridgehead atoms. The van der Waals surface area contributed by atoms with Crippen LogP contribution in [-0.2, 0) is 0 Å². The van der Waals surface area contributed by atoms with Gasteiger partial charge < -0.3 is 9.13 Å². The number of benzene rings is 8. The molecule has 0 radical (unpaired) electrons. The number of fused-ring (bicyclic) bond motifs is 9. The molecule has 0 saturated carbocycles. The van der Waals surface area contributed by atoms with Gasteiger partial charge in [-0.15, -0.1) is 0 Å². The first-order valence-corrected chi connectivity index (χ1v) is 18.2. The molecule has 3 heterocycles. The zero-order chi connectivity index (χ0) is 35.8. The van der Waals surface area contributed by atoms with Gasteiger partial charge in [0.05, 0.1) is 44.9 Å². The largest absolute Gasteiger partial charge is 0.309 e. The summed E-state index contributed by atoms with van der Waals surface area (Å²) in [5.41, 5.74) is 12.5. The summed E-state index contributed by atoms with van der Waals surface area (Å²) in [5, 5.41) is 18.2. The maximum Gasteiger partial charge on any atom is 0.0999 e. The van der Waals surface area contributed by atoms with Crippen molar-refractivity contribution in [1.29, 1.82) is 5.26 Å². The van der Waals surface area contributed by atoms with Crippen molar-refractivity contribution in [2.45, 2.75) is 0 Å². The lowest BCUT2D eigenvalue weighted by atomic mass is 9.99. The Bertz CT molecular complexity index is 3320. The molecule has 4 heteroatoms. The van der Waals surface area contributed by atoms with Crippen molar-refractivity contribution in [2.24, 2.45) is 0 Å². The lowest BCUT2D eigenvalue weighted by Gasteiger charge is -2.11. The Kier molecular flexibility index (Phi) is 6.58. The molecule has 4 nitrogen and oxygen atoms in total. The monoisotopic (exact) mass is 686 g/mol. The third-order valence-electron chi connectivity index (χ3n) is 10.9. The van der Waals surface area contributed by atoms with Gasteiger partial charge in [-0.1, -0.05) is 109 Å². The Morgan fingerprint density at radius 3 is 1.78 bits per heavy atom. The van der Waals surface area contributed by atoms with E-state index in [1.807, 2.05) is 30.3 Å². The highest BCUT2D eigenvalue weighted by atomic mass is 15.0. The maximum atomic E-state index is 9.90. The van der Waals surface area contributed by atoms with Crippen LogP contribution in [-0.4, -0.2) is 14.1 Å². The topological polar surface area (TPSA) is 46.5 Å². The fourth-order valence-electron chi connectivity index (χ4n) is 8.45. The molecule has 8 aromatic carbocycles. The summed E-state index contributed by atoms with van der Waals surface area (Å²) in [7, 11) is 0. The van der Waals surface area contributed by atoms with Crippen molar-refractivity contribution < 1.29 is 0 Å². The second kappa shape index (κ2) is 11.8. The molecule has 250 valence electrons. The second-order valence-electron chi connectivity index (χ2n) is 13.9. The Labute approximate surface area is 311 Å². The van der Waals surface area contributed by atoms with E-state index in [9.17, 15) is 5.26 Å². The summed E-state index contributed by atoms with van der Waals surface area (Å²) in [6.45, 7) is 0. The smallest absolute Gasteiger partial charge is 0.0999 e. The van der Waals surface area contributed by atoms with Crippen LogP contribution in [0.3, 0.4) is 0 Å². The highest BCUT2D eigenvalue weighted by Gasteiger charge is 2.18. The van der Waals surface area contributed by atoms with Crippen LogP contribution >= 0.6 is 0 Å². The molecule has 0 aliphatic rings. The highest BCUT2D eigenvalue weighted by molar-refractivity contribution is 6.22. The summed E-state index contributed by atoms with van der Waals surface area (Å²) < 4.78 is 4.73. The van der Waals surface area contributed by atoms with Gasteiger partial charge in [0.15, 0.2) is 0 Å². The Morgan fingerprint density at radius 1 is 0.407 bits per heavy atom. The molecule has 0 aliphatic carbocycles. The van der Waals surface area contributed by atoms with Crippen LogP contribution in [0.2, 0.25) is 0 Å². The molecule has 0 aliphatic heterocycles. The molecule has 0 N–H and O–H groups in total. The van der Waals surface area contributed by atoms with Gasteiger partial charge in [0.2, 0.25) is 0 Å². The standard InChI is InChI=1S/C50H30N4/c51-31-36-30-45(52-44-16-8-6-13-39(36)44)33-18-23-38(24-19-33)54-48-26-22-35(29-43(48)50-40-14-5-4-10-32(40)20-27-49(50)54)34-21-25-47-42(28-34)41-15-7-9-17-46(41)53(47)37-11-2-1-3-12-37/h1-30H. The first-order chi connectivity index (χ1) is 26.7. The second-order valence-corrected chi connectivity index (χ2v) is 13.9. The quantitative estimate of drug-likeness (QED) is 0.185. The highest BCUT2D eigenvalue weighted by Crippen LogP contribution is 2.41. The van der Waals surface area contributed by atoms with Gasteiger partial charge in [0.1, 0.15) is 0 Å². The number of pyridine rings is 1. The summed E-state index contributed by atoms with van der Waals surface area (Å²) in [6.07, 6.45) is 0. The van der Waals surface area contributed by atoms with E-state index < -0.39 is 0 Å². The summed E-state index contributed by atoms with van der Waals surface area (Å²) in [6, 6.07) is 66.9. The molecule has 11 rings (SSSR count). The number of nitriles is 1. The minimum atomic E-state index is 0.630. The first kappa shape index (κ1) is 30.2. The van der Waals surface area contributed by atoms with Gasteiger partial charge in [-0.3, -0.25) is 0 Å². The van der Waals surface area contributed by atoms with E-state index in [2.05, 4.69) is 167 Å². The van der Waals surface area contributed by atoms with Crippen molar-refractivity contribution in [1.82, 2.24) is 14.1 Å². The zero-order valence-electron chi connectivity index (χ0n) is 29.1. The van der Waals surface area contributed by atoms with Crippen LogP contribution in [0.1, 0.15) is 5.56 Å². The average Bonchev–Trinajstić information content (AvgIpc) is 3.76. The van der Waals surface area contributed by atoms with Gasteiger partial charge >= 0.3 is 0 Å². The summed E-state index contributed by atoms with van der Waals surface area (Å²) in [4.78, 5) is 4.91. The Hall–Kier alpha value is -7.48. The van der Waals surface area contributed by atoms with E-state index in [0.717, 1.165) is 44.6 Å². The zero-order valence-corrected chi connectivity index (χ0v) is 29.1. The fraction of sp³-hybridized carbons (Fsp3) is 0. The number of hydrogen-bond acceptors (Lipinski definition) is 2. The molecule has 0 fully saturated rings. The predicted octanol–water partition coefficient (Wildman–Crippen LogP) is 12.8. The van der Waals surface area contributed by atoms with Crippen molar-refractivity contribution in [3.8, 4) is 39.8 Å². The van der Waals surface area contributed by atoms with E-state index in [0.29, 0.717) is 5.56 Å². The maximum absolute atomic E-state index is 9.90. The minimum Gasteiger partial charge on any atom is -0.309 e. The molecular formula is C50H30N4. The van der Waals surface area contributed by atoms with Gasteiger partial charge in [0.25, 0.3) is 0 Å². The first-order valence-electron chi connectivity index (χ1n) is 18.2. The van der Waals surface area contributed by atoms with Crippen LogP contribution in [0, 0.1) is 11.3 Å². The molecule has 11 aromatic rings. The van der Waals surface area contributed by atoms with Crippen LogP contribution in [0.4, 0.5) is 0 Å². The van der Waals surface area contributed by atoms with Crippen LogP contribution < -0.4 is 0 Å². The molecule has 0 spiro atoms. The number of nitrogens with zero attached hydrogens (tertiary/aromatic N) is 4. The van der Waals surface area contributed by atoms with Crippen LogP contribution in [0.15, 0.2) is 182 Å². The molecule has 3 aromatic heterocycles. The van der Waals surface area contributed by atoms with Crippen molar-refractivity contribution in [2.75, 3.05) is 0 Å². The third kappa shape index (κ3) is 4.52. The SMILES string of the molecule is N#Cc1cc(-c2ccc(-n3c4ccc(-c5ccc6c(c5)c5ccccc5n6-c5ccccc5)cc4c4c5ccccc5ccc43)cc2)nc2ccccc12. The van der Waals surface area contributed by atoms with Gasteiger partial charge in [-0.05, 0) is 94.7 Å². The van der Waals surface area contributed by atoms with Gasteiger partial charge in [-0.2, -0.15) is 5.26 Å². The number of hydrogen-bond donors (Lipinski definition) is 0. The van der Waals surface area contributed by atoms with E-state index in [4.69, 9.17) is 4.98 Å². The average molecular weight is 687 g/mol. The molecule has 0 saturated heterocycles. The number of rotatable bonds is 4. The van der Waals surface area contributed by atoms with Crippen molar-refractivity contribution in [3.05, 3.63) is 188 Å². The number of aromatic nitrogens is 3. The Morgan fingerprint density at radius 2 is 0.981 bits per heavy atom.